The van der Waals surface area contributed by atoms with Gasteiger partial charge in [0.1, 0.15) is 0 Å². The second kappa shape index (κ2) is 6.66. The Morgan fingerprint density at radius 1 is 1.25 bits per heavy atom. The van der Waals surface area contributed by atoms with Crippen molar-refractivity contribution in [3.05, 3.63) is 34.9 Å². The highest BCUT2D eigenvalue weighted by molar-refractivity contribution is 5.32. The standard InChI is InChI=1S/C14H24N2/c1-4-5-6-7-14(16-15)13-10-11(2)8-9-12(13)3/h8-10,14,16H,4-7,15H2,1-3H3. The summed E-state index contributed by atoms with van der Waals surface area (Å²) in [5.41, 5.74) is 6.92. The normalized spacial score (nSPS) is 12.8. The molecule has 1 aromatic rings. The maximum absolute atomic E-state index is 5.66. The molecule has 2 heteroatoms. The third kappa shape index (κ3) is 3.62. The molecule has 90 valence electrons. The van der Waals surface area contributed by atoms with Gasteiger partial charge in [0.15, 0.2) is 0 Å². The first-order valence-corrected chi connectivity index (χ1v) is 6.22. The van der Waals surface area contributed by atoms with Crippen LogP contribution in [0.3, 0.4) is 0 Å². The number of hydrogen-bond acceptors (Lipinski definition) is 2. The lowest BCUT2D eigenvalue weighted by molar-refractivity contribution is 0.485. The van der Waals surface area contributed by atoms with Crippen molar-refractivity contribution in [1.82, 2.24) is 5.43 Å². The van der Waals surface area contributed by atoms with Crippen molar-refractivity contribution in [2.75, 3.05) is 0 Å². The van der Waals surface area contributed by atoms with Crippen LogP contribution in [0.1, 0.15) is 55.3 Å². The molecule has 3 N–H and O–H groups in total. The zero-order valence-corrected chi connectivity index (χ0v) is 10.7. The minimum Gasteiger partial charge on any atom is -0.271 e. The summed E-state index contributed by atoms with van der Waals surface area (Å²) in [6.07, 6.45) is 4.89. The molecule has 16 heavy (non-hydrogen) atoms. The maximum Gasteiger partial charge on any atom is 0.0462 e. The van der Waals surface area contributed by atoms with Gasteiger partial charge in [0.2, 0.25) is 0 Å². The summed E-state index contributed by atoms with van der Waals surface area (Å²) in [6, 6.07) is 6.87. The van der Waals surface area contributed by atoms with Gasteiger partial charge in [-0.2, -0.15) is 0 Å². The molecular formula is C14H24N2. The van der Waals surface area contributed by atoms with Gasteiger partial charge < -0.3 is 0 Å². The molecular weight excluding hydrogens is 196 g/mol. The Morgan fingerprint density at radius 3 is 2.62 bits per heavy atom. The monoisotopic (exact) mass is 220 g/mol. The molecule has 0 radical (unpaired) electrons. The third-order valence-electron chi connectivity index (χ3n) is 3.11. The Labute approximate surface area is 99.2 Å². The highest BCUT2D eigenvalue weighted by Gasteiger charge is 2.11. The quantitative estimate of drug-likeness (QED) is 0.438. The van der Waals surface area contributed by atoms with E-state index >= 15 is 0 Å². The van der Waals surface area contributed by atoms with Crippen molar-refractivity contribution in [1.29, 1.82) is 0 Å². The van der Waals surface area contributed by atoms with Crippen molar-refractivity contribution in [2.45, 2.75) is 52.5 Å². The number of hydrogen-bond donors (Lipinski definition) is 2. The van der Waals surface area contributed by atoms with E-state index in [0.717, 1.165) is 6.42 Å². The van der Waals surface area contributed by atoms with E-state index in [1.165, 1.54) is 36.0 Å². The number of hydrazine groups is 1. The molecule has 0 aliphatic rings. The van der Waals surface area contributed by atoms with Crippen LogP contribution in [0, 0.1) is 13.8 Å². The van der Waals surface area contributed by atoms with Gasteiger partial charge in [0.25, 0.3) is 0 Å². The molecule has 1 atom stereocenters. The van der Waals surface area contributed by atoms with E-state index in [9.17, 15) is 0 Å². The van der Waals surface area contributed by atoms with Gasteiger partial charge in [-0.25, -0.2) is 0 Å². The minimum atomic E-state index is 0.298. The third-order valence-corrected chi connectivity index (χ3v) is 3.11. The first-order chi connectivity index (χ1) is 7.69. The van der Waals surface area contributed by atoms with Crippen LogP contribution < -0.4 is 11.3 Å². The van der Waals surface area contributed by atoms with Gasteiger partial charge in [-0.15, -0.1) is 0 Å². The van der Waals surface area contributed by atoms with Crippen molar-refractivity contribution < 1.29 is 0 Å². The average molecular weight is 220 g/mol. The fourth-order valence-electron chi connectivity index (χ4n) is 2.06. The summed E-state index contributed by atoms with van der Waals surface area (Å²) in [4.78, 5) is 0. The van der Waals surface area contributed by atoms with Crippen LogP contribution in [0.5, 0.6) is 0 Å². The molecule has 0 saturated heterocycles. The van der Waals surface area contributed by atoms with Crippen LogP contribution in [0.2, 0.25) is 0 Å². The van der Waals surface area contributed by atoms with E-state index < -0.39 is 0 Å². The molecule has 0 saturated carbocycles. The molecule has 1 aromatic carbocycles. The SMILES string of the molecule is CCCCCC(NN)c1cc(C)ccc1C. The smallest absolute Gasteiger partial charge is 0.0462 e. The van der Waals surface area contributed by atoms with E-state index in [2.05, 4.69) is 44.4 Å². The summed E-state index contributed by atoms with van der Waals surface area (Å²) < 4.78 is 0. The molecule has 0 bridgehead atoms. The first kappa shape index (κ1) is 13.2. The van der Waals surface area contributed by atoms with E-state index in [4.69, 9.17) is 5.84 Å². The topological polar surface area (TPSA) is 38.0 Å². The summed E-state index contributed by atoms with van der Waals surface area (Å²) in [5, 5.41) is 0. The van der Waals surface area contributed by atoms with Crippen molar-refractivity contribution >= 4 is 0 Å². The number of nitrogens with one attached hydrogen (secondary N) is 1. The lowest BCUT2D eigenvalue weighted by Gasteiger charge is -2.19. The van der Waals surface area contributed by atoms with E-state index in [0.29, 0.717) is 6.04 Å². The Balaban J connectivity index is 2.73. The van der Waals surface area contributed by atoms with Crippen molar-refractivity contribution in [3.63, 3.8) is 0 Å². The fraction of sp³-hybridized carbons (Fsp3) is 0.571. The van der Waals surface area contributed by atoms with E-state index in [-0.39, 0.29) is 0 Å². The summed E-state index contributed by atoms with van der Waals surface area (Å²) in [5.74, 6) is 5.66. The molecule has 1 unspecified atom stereocenters. The number of rotatable bonds is 6. The number of unbranched alkanes of at least 4 members (excludes halogenated alkanes) is 2. The predicted octanol–water partition coefficient (Wildman–Crippen LogP) is 3.39. The average Bonchev–Trinajstić information content (AvgIpc) is 2.28. The van der Waals surface area contributed by atoms with Crippen LogP contribution in [0.25, 0.3) is 0 Å². The molecule has 0 aliphatic heterocycles. The Morgan fingerprint density at radius 2 is 2.00 bits per heavy atom. The zero-order chi connectivity index (χ0) is 12.0. The van der Waals surface area contributed by atoms with Crippen LogP contribution in [-0.2, 0) is 0 Å². The molecule has 1 rings (SSSR count). The van der Waals surface area contributed by atoms with Gasteiger partial charge in [0.05, 0.1) is 0 Å². The van der Waals surface area contributed by atoms with Crippen LogP contribution >= 0.6 is 0 Å². The van der Waals surface area contributed by atoms with E-state index in [1.54, 1.807) is 0 Å². The second-order valence-electron chi connectivity index (χ2n) is 4.58. The van der Waals surface area contributed by atoms with Crippen molar-refractivity contribution in [2.24, 2.45) is 5.84 Å². The van der Waals surface area contributed by atoms with Crippen LogP contribution in [0.15, 0.2) is 18.2 Å². The Kier molecular flexibility index (Phi) is 5.50. The number of benzene rings is 1. The molecule has 0 fully saturated rings. The second-order valence-corrected chi connectivity index (χ2v) is 4.58. The lowest BCUT2D eigenvalue weighted by Crippen LogP contribution is -2.28. The zero-order valence-electron chi connectivity index (χ0n) is 10.7. The molecule has 0 aliphatic carbocycles. The molecule has 0 heterocycles. The van der Waals surface area contributed by atoms with Gasteiger partial charge in [-0.1, -0.05) is 49.9 Å². The van der Waals surface area contributed by atoms with Crippen molar-refractivity contribution in [3.8, 4) is 0 Å². The molecule has 0 spiro atoms. The summed E-state index contributed by atoms with van der Waals surface area (Å²) in [7, 11) is 0. The molecule has 2 nitrogen and oxygen atoms in total. The molecule has 0 aromatic heterocycles. The Hall–Kier alpha value is -0.860. The van der Waals surface area contributed by atoms with Gasteiger partial charge in [0, 0.05) is 6.04 Å². The lowest BCUT2D eigenvalue weighted by atomic mass is 9.95. The number of aryl methyl sites for hydroxylation is 2. The highest BCUT2D eigenvalue weighted by atomic mass is 15.2. The number of nitrogens with two attached hydrogens (primary N) is 1. The predicted molar refractivity (Wildman–Crippen MR) is 70.1 cm³/mol. The minimum absolute atomic E-state index is 0.298. The van der Waals surface area contributed by atoms with Gasteiger partial charge in [-0.3, -0.25) is 11.3 Å². The summed E-state index contributed by atoms with van der Waals surface area (Å²) in [6.45, 7) is 6.50. The first-order valence-electron chi connectivity index (χ1n) is 6.22. The largest absolute Gasteiger partial charge is 0.271 e. The van der Waals surface area contributed by atoms with Gasteiger partial charge in [-0.05, 0) is 31.4 Å². The summed E-state index contributed by atoms with van der Waals surface area (Å²) >= 11 is 0. The van der Waals surface area contributed by atoms with Crippen LogP contribution in [0.4, 0.5) is 0 Å². The molecule has 0 amide bonds. The van der Waals surface area contributed by atoms with E-state index in [1.807, 2.05) is 0 Å². The highest BCUT2D eigenvalue weighted by Crippen LogP contribution is 2.23. The Bertz CT molecular complexity index is 321. The maximum atomic E-state index is 5.66. The fourth-order valence-corrected chi connectivity index (χ4v) is 2.06. The van der Waals surface area contributed by atoms with Gasteiger partial charge >= 0.3 is 0 Å². The van der Waals surface area contributed by atoms with Crippen LogP contribution in [-0.4, -0.2) is 0 Å².